The smallest absolute Gasteiger partial charge is 0.238 e. The van der Waals surface area contributed by atoms with Crippen LogP contribution in [0.1, 0.15) is 40.0 Å². The summed E-state index contributed by atoms with van der Waals surface area (Å²) in [6.07, 6.45) is 2.79. The van der Waals surface area contributed by atoms with E-state index in [2.05, 4.69) is 6.92 Å². The van der Waals surface area contributed by atoms with Crippen LogP contribution in [0.4, 0.5) is 0 Å². The Morgan fingerprint density at radius 1 is 1.56 bits per heavy atom. The van der Waals surface area contributed by atoms with Crippen molar-refractivity contribution in [3.8, 4) is 0 Å². The zero-order valence-electron chi connectivity index (χ0n) is 10.5. The fourth-order valence-electron chi connectivity index (χ4n) is 2.09. The van der Waals surface area contributed by atoms with E-state index in [1.807, 2.05) is 18.7 Å². The van der Waals surface area contributed by atoms with Crippen LogP contribution in [0.25, 0.3) is 0 Å². The van der Waals surface area contributed by atoms with Crippen LogP contribution in [-0.2, 0) is 4.79 Å². The average molecular weight is 245 g/mol. The van der Waals surface area contributed by atoms with E-state index in [9.17, 15) is 4.79 Å². The first kappa shape index (κ1) is 13.8. The zero-order chi connectivity index (χ0) is 12.2. The quantitative estimate of drug-likeness (QED) is 0.804. The maximum Gasteiger partial charge on any atom is 0.238 e. The highest BCUT2D eigenvalue weighted by Crippen LogP contribution is 2.39. The summed E-state index contributed by atoms with van der Waals surface area (Å²) >= 11 is 1.78. The molecule has 3 nitrogen and oxygen atoms in total. The van der Waals surface area contributed by atoms with E-state index in [4.69, 9.17) is 5.11 Å². The van der Waals surface area contributed by atoms with E-state index in [0.717, 1.165) is 18.6 Å². The molecule has 1 rings (SSSR count). The second-order valence-corrected chi connectivity index (χ2v) is 6.45. The van der Waals surface area contributed by atoms with Crippen molar-refractivity contribution in [2.75, 3.05) is 18.9 Å². The fraction of sp³-hybridized carbons (Fsp3) is 0.917. The third-order valence-corrected chi connectivity index (χ3v) is 4.62. The maximum absolute atomic E-state index is 12.4. The van der Waals surface area contributed by atoms with Crippen molar-refractivity contribution in [2.45, 2.75) is 50.8 Å². The summed E-state index contributed by atoms with van der Waals surface area (Å²) in [5.74, 6) is 1.34. The Hall–Kier alpha value is -0.220. The van der Waals surface area contributed by atoms with Crippen LogP contribution < -0.4 is 0 Å². The van der Waals surface area contributed by atoms with Crippen molar-refractivity contribution in [3.63, 3.8) is 0 Å². The molecule has 0 aliphatic carbocycles. The van der Waals surface area contributed by atoms with E-state index in [1.54, 1.807) is 11.8 Å². The summed E-state index contributed by atoms with van der Waals surface area (Å²) in [4.78, 5) is 14.3. The number of aliphatic hydroxyl groups is 1. The molecule has 1 amide bonds. The van der Waals surface area contributed by atoms with Gasteiger partial charge in [-0.15, -0.1) is 11.8 Å². The molecule has 0 aromatic carbocycles. The van der Waals surface area contributed by atoms with Crippen molar-refractivity contribution in [1.29, 1.82) is 0 Å². The number of carbonyl (C=O) groups is 1. The molecule has 1 N–H and O–H groups in total. The molecule has 0 spiro atoms. The van der Waals surface area contributed by atoms with Gasteiger partial charge in [-0.3, -0.25) is 4.79 Å². The topological polar surface area (TPSA) is 40.5 Å². The number of hydrogen-bond acceptors (Lipinski definition) is 3. The average Bonchev–Trinajstić information content (AvgIpc) is 2.66. The number of aliphatic hydroxyl groups excluding tert-OH is 1. The molecule has 1 heterocycles. The highest BCUT2D eigenvalue weighted by molar-refractivity contribution is 8.01. The largest absolute Gasteiger partial charge is 0.396 e. The minimum absolute atomic E-state index is 0.153. The van der Waals surface area contributed by atoms with E-state index >= 15 is 0 Å². The third kappa shape index (κ3) is 3.14. The summed E-state index contributed by atoms with van der Waals surface area (Å²) in [6.45, 7) is 6.96. The first-order valence-corrected chi connectivity index (χ1v) is 7.06. The Labute approximate surface area is 103 Å². The van der Waals surface area contributed by atoms with Gasteiger partial charge >= 0.3 is 0 Å². The van der Waals surface area contributed by atoms with E-state index in [1.165, 1.54) is 0 Å². The Morgan fingerprint density at radius 2 is 2.25 bits per heavy atom. The number of nitrogens with zero attached hydrogens (tertiary/aromatic N) is 1. The minimum atomic E-state index is -0.222. The van der Waals surface area contributed by atoms with Crippen molar-refractivity contribution in [2.24, 2.45) is 0 Å². The molecule has 1 fully saturated rings. The summed E-state index contributed by atoms with van der Waals surface area (Å²) < 4.78 is -0.222. The Balaban J connectivity index is 2.66. The van der Waals surface area contributed by atoms with Gasteiger partial charge in [-0.1, -0.05) is 0 Å². The molecule has 0 bridgehead atoms. The Bertz CT molecular complexity index is 237. The number of hydrogen-bond donors (Lipinski definition) is 1. The molecule has 16 heavy (non-hydrogen) atoms. The summed E-state index contributed by atoms with van der Waals surface area (Å²) in [5, 5.41) is 8.87. The minimum Gasteiger partial charge on any atom is -0.396 e. The first-order valence-electron chi connectivity index (χ1n) is 6.07. The van der Waals surface area contributed by atoms with Crippen molar-refractivity contribution in [1.82, 2.24) is 4.90 Å². The number of amides is 1. The molecule has 4 heteroatoms. The van der Waals surface area contributed by atoms with Gasteiger partial charge in [0.05, 0.1) is 4.75 Å². The predicted octanol–water partition coefficient (Wildman–Crippen LogP) is 1.89. The number of rotatable bonds is 5. The maximum atomic E-state index is 12.4. The normalized spacial score (nSPS) is 25.1. The van der Waals surface area contributed by atoms with Crippen molar-refractivity contribution < 1.29 is 9.90 Å². The van der Waals surface area contributed by atoms with Gasteiger partial charge in [-0.2, -0.15) is 0 Å². The standard InChI is InChI=1S/C12H23NO2S/c1-10(2)13(7-5-8-14)11(15)12(3)6-4-9-16-12/h10,14H,4-9H2,1-3H3. The van der Waals surface area contributed by atoms with Crippen molar-refractivity contribution >= 4 is 17.7 Å². The lowest BCUT2D eigenvalue weighted by molar-refractivity contribution is -0.135. The monoisotopic (exact) mass is 245 g/mol. The molecule has 1 unspecified atom stereocenters. The van der Waals surface area contributed by atoms with Crippen LogP contribution in [-0.4, -0.2) is 45.6 Å². The summed E-state index contributed by atoms with van der Waals surface area (Å²) in [5.41, 5.74) is 0. The fourth-order valence-corrected chi connectivity index (χ4v) is 3.36. The lowest BCUT2D eigenvalue weighted by atomic mass is 10.0. The lowest BCUT2D eigenvalue weighted by Gasteiger charge is -2.34. The van der Waals surface area contributed by atoms with Gasteiger partial charge in [0, 0.05) is 19.2 Å². The Kier molecular flexibility index (Phi) is 5.12. The van der Waals surface area contributed by atoms with Gasteiger partial charge in [0.15, 0.2) is 0 Å². The van der Waals surface area contributed by atoms with Gasteiger partial charge in [0.25, 0.3) is 0 Å². The third-order valence-electron chi connectivity index (χ3n) is 3.11. The molecular weight excluding hydrogens is 222 g/mol. The zero-order valence-corrected chi connectivity index (χ0v) is 11.3. The van der Waals surface area contributed by atoms with Gasteiger partial charge in [-0.25, -0.2) is 0 Å². The van der Waals surface area contributed by atoms with Crippen LogP contribution in [0.15, 0.2) is 0 Å². The second-order valence-electron chi connectivity index (χ2n) is 4.85. The molecule has 1 aliphatic heterocycles. The van der Waals surface area contributed by atoms with Crippen LogP contribution >= 0.6 is 11.8 Å². The predicted molar refractivity (Wildman–Crippen MR) is 68.6 cm³/mol. The molecule has 0 saturated carbocycles. The molecule has 1 saturated heterocycles. The van der Waals surface area contributed by atoms with Crippen LogP contribution in [0.2, 0.25) is 0 Å². The SMILES string of the molecule is CC(C)N(CCCO)C(=O)C1(C)CCCS1. The van der Waals surface area contributed by atoms with Crippen LogP contribution in [0.5, 0.6) is 0 Å². The van der Waals surface area contributed by atoms with Gasteiger partial charge in [0.2, 0.25) is 5.91 Å². The van der Waals surface area contributed by atoms with E-state index in [-0.39, 0.29) is 23.3 Å². The molecular formula is C12H23NO2S. The molecule has 1 atom stereocenters. The summed E-state index contributed by atoms with van der Waals surface area (Å²) in [6, 6.07) is 0.220. The second kappa shape index (κ2) is 5.92. The Morgan fingerprint density at radius 3 is 2.69 bits per heavy atom. The van der Waals surface area contributed by atoms with Gasteiger partial charge in [-0.05, 0) is 45.8 Å². The highest BCUT2D eigenvalue weighted by Gasteiger charge is 2.40. The summed E-state index contributed by atoms with van der Waals surface area (Å²) in [7, 11) is 0. The van der Waals surface area contributed by atoms with Gasteiger partial charge in [0.1, 0.15) is 0 Å². The van der Waals surface area contributed by atoms with E-state index < -0.39 is 0 Å². The molecule has 0 radical (unpaired) electrons. The first-order chi connectivity index (χ1) is 7.51. The molecule has 0 aromatic heterocycles. The van der Waals surface area contributed by atoms with Crippen LogP contribution in [0, 0.1) is 0 Å². The number of carbonyl (C=O) groups excluding carboxylic acids is 1. The van der Waals surface area contributed by atoms with Crippen LogP contribution in [0.3, 0.4) is 0 Å². The molecule has 0 aromatic rings. The molecule has 1 aliphatic rings. The van der Waals surface area contributed by atoms with Crippen molar-refractivity contribution in [3.05, 3.63) is 0 Å². The lowest BCUT2D eigenvalue weighted by Crippen LogP contribution is -2.47. The van der Waals surface area contributed by atoms with E-state index in [0.29, 0.717) is 13.0 Å². The molecule has 94 valence electrons. The number of thioether (sulfide) groups is 1. The van der Waals surface area contributed by atoms with Gasteiger partial charge < -0.3 is 10.0 Å². The highest BCUT2D eigenvalue weighted by atomic mass is 32.2.